The number of aliphatic hydroxyl groups excluding tert-OH is 1. The fourth-order valence-corrected chi connectivity index (χ4v) is 2.19. The molecule has 1 unspecified atom stereocenters. The van der Waals surface area contributed by atoms with Crippen LogP contribution in [0.25, 0.3) is 0 Å². The molecular weight excluding hydrogens is 286 g/mol. The summed E-state index contributed by atoms with van der Waals surface area (Å²) in [6, 6.07) is -1.14. The molecule has 0 fully saturated rings. The first-order valence-corrected chi connectivity index (χ1v) is 8.05. The number of nitrogens with one attached hydrogen (secondary N) is 1. The molecule has 6 nitrogen and oxygen atoms in total. The van der Waals surface area contributed by atoms with Crippen molar-refractivity contribution in [3.05, 3.63) is 0 Å². The van der Waals surface area contributed by atoms with Crippen molar-refractivity contribution in [2.75, 3.05) is 6.61 Å². The molecule has 0 heterocycles. The first-order chi connectivity index (χ1) is 10.4. The Morgan fingerprint density at radius 1 is 1.09 bits per heavy atom. The summed E-state index contributed by atoms with van der Waals surface area (Å²) in [6.45, 7) is 3.92. The highest BCUT2D eigenvalue weighted by Crippen LogP contribution is 2.15. The monoisotopic (exact) mass is 315 g/mol. The molecule has 0 aromatic heterocycles. The summed E-state index contributed by atoms with van der Waals surface area (Å²) in [4.78, 5) is 34.2. The number of aliphatic carboxylic acids is 1. The molecule has 0 rings (SSSR count). The number of aliphatic hydroxyl groups is 1. The number of ketones is 1. The molecule has 1 amide bonds. The highest BCUT2D eigenvalue weighted by atomic mass is 16.4. The van der Waals surface area contributed by atoms with Gasteiger partial charge in [-0.25, -0.2) is 4.79 Å². The van der Waals surface area contributed by atoms with E-state index in [1.807, 2.05) is 0 Å². The molecule has 0 saturated carbocycles. The molecule has 3 N–H and O–H groups in total. The molecule has 0 saturated heterocycles. The lowest BCUT2D eigenvalue weighted by Gasteiger charge is -2.13. The molecule has 0 aliphatic heterocycles. The number of Topliss-reactive ketones (excluding diaryl/α,β-unsaturated/α-hetero) is 1. The number of carbonyl (C=O) groups excluding carboxylic acids is 2. The van der Waals surface area contributed by atoms with Crippen LogP contribution in [-0.2, 0) is 14.4 Å². The minimum atomic E-state index is -1.21. The zero-order valence-corrected chi connectivity index (χ0v) is 13.6. The second kappa shape index (κ2) is 12.1. The summed E-state index contributed by atoms with van der Waals surface area (Å²) in [7, 11) is 0. The highest BCUT2D eigenvalue weighted by molar-refractivity contribution is 5.99. The van der Waals surface area contributed by atoms with Crippen LogP contribution < -0.4 is 5.32 Å². The van der Waals surface area contributed by atoms with Crippen molar-refractivity contribution in [1.82, 2.24) is 5.32 Å². The van der Waals surface area contributed by atoms with E-state index < -0.39 is 17.9 Å². The SMILES string of the molecule is CCCCCC(C)CCC(=O)CC(=O)N[C@@H](CCO)C(=O)O. The van der Waals surface area contributed by atoms with Gasteiger partial charge in [-0.15, -0.1) is 0 Å². The third kappa shape index (κ3) is 10.3. The van der Waals surface area contributed by atoms with Gasteiger partial charge in [-0.3, -0.25) is 9.59 Å². The first kappa shape index (κ1) is 20.6. The quantitative estimate of drug-likeness (QED) is 0.356. The average molecular weight is 315 g/mol. The average Bonchev–Trinajstić information content (AvgIpc) is 2.44. The van der Waals surface area contributed by atoms with Crippen molar-refractivity contribution in [2.45, 2.75) is 71.3 Å². The summed E-state index contributed by atoms with van der Waals surface area (Å²) in [5, 5.41) is 19.8. The van der Waals surface area contributed by atoms with Crippen molar-refractivity contribution in [1.29, 1.82) is 0 Å². The van der Waals surface area contributed by atoms with E-state index in [1.165, 1.54) is 12.8 Å². The molecule has 0 aliphatic rings. The van der Waals surface area contributed by atoms with Crippen molar-refractivity contribution < 1.29 is 24.6 Å². The smallest absolute Gasteiger partial charge is 0.326 e. The third-order valence-corrected chi connectivity index (χ3v) is 3.63. The van der Waals surface area contributed by atoms with E-state index in [0.717, 1.165) is 19.3 Å². The largest absolute Gasteiger partial charge is 0.480 e. The van der Waals surface area contributed by atoms with Crippen LogP contribution in [0.1, 0.15) is 65.2 Å². The fourth-order valence-electron chi connectivity index (χ4n) is 2.19. The summed E-state index contributed by atoms with van der Waals surface area (Å²) >= 11 is 0. The van der Waals surface area contributed by atoms with E-state index >= 15 is 0 Å². The number of hydrogen-bond acceptors (Lipinski definition) is 4. The Bertz CT molecular complexity index is 356. The van der Waals surface area contributed by atoms with Gasteiger partial charge in [-0.05, 0) is 12.3 Å². The lowest BCUT2D eigenvalue weighted by atomic mass is 9.96. The molecule has 2 atom stereocenters. The Hall–Kier alpha value is -1.43. The molecule has 0 aromatic rings. The van der Waals surface area contributed by atoms with Crippen molar-refractivity contribution in [3.63, 3.8) is 0 Å². The van der Waals surface area contributed by atoms with E-state index in [9.17, 15) is 14.4 Å². The Balaban J connectivity index is 3.99. The van der Waals surface area contributed by atoms with E-state index in [1.54, 1.807) is 0 Å². The van der Waals surface area contributed by atoms with Gasteiger partial charge in [0.05, 0.1) is 6.42 Å². The number of amides is 1. The van der Waals surface area contributed by atoms with Crippen LogP contribution in [0, 0.1) is 5.92 Å². The van der Waals surface area contributed by atoms with Crippen LogP contribution in [0.15, 0.2) is 0 Å². The van der Waals surface area contributed by atoms with Gasteiger partial charge in [-0.2, -0.15) is 0 Å². The Morgan fingerprint density at radius 2 is 1.77 bits per heavy atom. The van der Waals surface area contributed by atoms with Gasteiger partial charge in [-0.1, -0.05) is 39.5 Å². The number of carboxylic acids is 1. The molecule has 0 aromatic carbocycles. The maximum Gasteiger partial charge on any atom is 0.326 e. The highest BCUT2D eigenvalue weighted by Gasteiger charge is 2.20. The van der Waals surface area contributed by atoms with E-state index in [-0.39, 0.29) is 25.2 Å². The minimum Gasteiger partial charge on any atom is -0.480 e. The van der Waals surface area contributed by atoms with Crippen LogP contribution in [-0.4, -0.2) is 40.5 Å². The maximum atomic E-state index is 11.7. The summed E-state index contributed by atoms with van der Waals surface area (Å²) in [6.07, 6.45) is 5.36. The minimum absolute atomic E-state index is 0.0657. The predicted octanol–water partition coefficient (Wildman–Crippen LogP) is 1.89. The van der Waals surface area contributed by atoms with Gasteiger partial charge in [0.15, 0.2) is 0 Å². The van der Waals surface area contributed by atoms with Crippen LogP contribution >= 0.6 is 0 Å². The van der Waals surface area contributed by atoms with E-state index in [0.29, 0.717) is 12.3 Å². The molecule has 0 bridgehead atoms. The van der Waals surface area contributed by atoms with Crippen LogP contribution in [0.2, 0.25) is 0 Å². The molecule has 6 heteroatoms. The Labute approximate surface area is 132 Å². The van der Waals surface area contributed by atoms with Gasteiger partial charge in [0.25, 0.3) is 0 Å². The van der Waals surface area contributed by atoms with E-state index in [4.69, 9.17) is 10.2 Å². The molecular formula is C16H29NO5. The molecule has 0 spiro atoms. The lowest BCUT2D eigenvalue weighted by molar-refractivity contribution is -0.143. The molecule has 0 aliphatic carbocycles. The zero-order valence-electron chi connectivity index (χ0n) is 13.6. The summed E-state index contributed by atoms with van der Waals surface area (Å²) in [5.74, 6) is -1.52. The summed E-state index contributed by atoms with van der Waals surface area (Å²) < 4.78 is 0. The van der Waals surface area contributed by atoms with Gasteiger partial charge >= 0.3 is 5.97 Å². The zero-order chi connectivity index (χ0) is 17.0. The lowest BCUT2D eigenvalue weighted by Crippen LogP contribution is -2.42. The normalized spacial score (nSPS) is 13.4. The second-order valence-electron chi connectivity index (χ2n) is 5.83. The number of rotatable bonds is 13. The topological polar surface area (TPSA) is 104 Å². The van der Waals surface area contributed by atoms with Crippen LogP contribution in [0.5, 0.6) is 0 Å². The number of unbranched alkanes of at least 4 members (excludes halogenated alkanes) is 2. The van der Waals surface area contributed by atoms with Crippen molar-refractivity contribution >= 4 is 17.7 Å². The van der Waals surface area contributed by atoms with Crippen LogP contribution in [0.3, 0.4) is 0 Å². The maximum absolute atomic E-state index is 11.7. The molecule has 0 radical (unpaired) electrons. The predicted molar refractivity (Wildman–Crippen MR) is 83.4 cm³/mol. The van der Waals surface area contributed by atoms with Gasteiger partial charge in [0, 0.05) is 19.4 Å². The second-order valence-corrected chi connectivity index (χ2v) is 5.83. The van der Waals surface area contributed by atoms with Gasteiger partial charge in [0.2, 0.25) is 5.91 Å². The number of hydrogen-bond donors (Lipinski definition) is 3. The van der Waals surface area contributed by atoms with Crippen molar-refractivity contribution in [2.24, 2.45) is 5.92 Å². The Kier molecular flexibility index (Phi) is 11.4. The van der Waals surface area contributed by atoms with Crippen molar-refractivity contribution in [3.8, 4) is 0 Å². The first-order valence-electron chi connectivity index (χ1n) is 8.05. The third-order valence-electron chi connectivity index (χ3n) is 3.63. The van der Waals surface area contributed by atoms with Crippen LogP contribution in [0.4, 0.5) is 0 Å². The fraction of sp³-hybridized carbons (Fsp3) is 0.812. The van der Waals surface area contributed by atoms with Gasteiger partial charge in [0.1, 0.15) is 11.8 Å². The molecule has 22 heavy (non-hydrogen) atoms. The standard InChI is InChI=1S/C16H29NO5/c1-3-4-5-6-12(2)7-8-13(19)11-15(20)17-14(9-10-18)16(21)22/h12,14,18H,3-11H2,1-2H3,(H,17,20)(H,21,22)/t12?,14-/m0/s1. The Morgan fingerprint density at radius 3 is 2.32 bits per heavy atom. The molecule has 128 valence electrons. The number of carboxylic acid groups (broad SMARTS) is 1. The van der Waals surface area contributed by atoms with E-state index in [2.05, 4.69) is 19.2 Å². The number of carbonyl (C=O) groups is 3. The summed E-state index contributed by atoms with van der Waals surface area (Å²) in [5.41, 5.74) is 0. The van der Waals surface area contributed by atoms with Gasteiger partial charge < -0.3 is 15.5 Å².